The van der Waals surface area contributed by atoms with Gasteiger partial charge in [-0.05, 0) is 31.0 Å². The highest BCUT2D eigenvalue weighted by Gasteiger charge is 2.18. The van der Waals surface area contributed by atoms with Crippen molar-refractivity contribution in [1.82, 2.24) is 15.0 Å². The van der Waals surface area contributed by atoms with Gasteiger partial charge in [0.25, 0.3) is 0 Å². The molecule has 0 radical (unpaired) electrons. The average Bonchev–Trinajstić information content (AvgIpc) is 2.81. The number of nitrogens with zero attached hydrogens (tertiary/aromatic N) is 3. The van der Waals surface area contributed by atoms with Crippen LogP contribution < -0.4 is 5.73 Å². The van der Waals surface area contributed by atoms with Crippen molar-refractivity contribution >= 4 is 11.6 Å². The number of rotatable bonds is 4. The van der Waals surface area contributed by atoms with Crippen LogP contribution in [0.4, 0.5) is 4.39 Å². The van der Waals surface area contributed by atoms with Crippen molar-refractivity contribution in [2.24, 2.45) is 5.73 Å². The smallest absolute Gasteiger partial charge is 0.124 e. The molecule has 2 rings (SSSR count). The summed E-state index contributed by atoms with van der Waals surface area (Å²) < 4.78 is 14.7. The average molecular weight is 283 g/mol. The Kier molecular flexibility index (Phi) is 4.17. The van der Waals surface area contributed by atoms with Crippen LogP contribution in [0, 0.1) is 5.82 Å². The second-order valence-electron chi connectivity index (χ2n) is 4.30. The van der Waals surface area contributed by atoms with E-state index in [-0.39, 0.29) is 11.9 Å². The fourth-order valence-corrected chi connectivity index (χ4v) is 2.22. The van der Waals surface area contributed by atoms with Gasteiger partial charge in [0.2, 0.25) is 0 Å². The molecule has 1 aromatic heterocycles. The summed E-state index contributed by atoms with van der Waals surface area (Å²) in [6, 6.07) is 4.05. The van der Waals surface area contributed by atoms with E-state index in [2.05, 4.69) is 10.3 Å². The normalized spacial score (nSPS) is 12.7. The minimum atomic E-state index is -0.377. The molecule has 19 heavy (non-hydrogen) atoms. The van der Waals surface area contributed by atoms with Gasteiger partial charge in [-0.2, -0.15) is 0 Å². The molecule has 0 aliphatic carbocycles. The van der Waals surface area contributed by atoms with Crippen LogP contribution in [0.3, 0.4) is 0 Å². The Morgan fingerprint density at radius 2 is 2.16 bits per heavy atom. The Hall–Kier alpha value is -1.46. The summed E-state index contributed by atoms with van der Waals surface area (Å²) in [7, 11) is 0. The fourth-order valence-electron chi connectivity index (χ4n) is 1.97. The predicted octanol–water partition coefficient (Wildman–Crippen LogP) is 3.03. The van der Waals surface area contributed by atoms with Crippen molar-refractivity contribution in [2.45, 2.75) is 32.7 Å². The lowest BCUT2D eigenvalue weighted by atomic mass is 10.1. The minimum Gasteiger partial charge on any atom is -0.323 e. The van der Waals surface area contributed by atoms with E-state index in [0.717, 1.165) is 24.2 Å². The summed E-state index contributed by atoms with van der Waals surface area (Å²) >= 11 is 6.06. The van der Waals surface area contributed by atoms with Gasteiger partial charge in [-0.1, -0.05) is 30.7 Å². The third-order valence-electron chi connectivity index (χ3n) is 3.06. The van der Waals surface area contributed by atoms with Gasteiger partial charge in [0, 0.05) is 0 Å². The van der Waals surface area contributed by atoms with E-state index in [1.54, 1.807) is 10.7 Å². The lowest BCUT2D eigenvalue weighted by Gasteiger charge is -2.10. The second kappa shape index (κ2) is 5.67. The van der Waals surface area contributed by atoms with Crippen LogP contribution in [0.5, 0.6) is 0 Å². The molecule has 4 nitrogen and oxygen atoms in total. The topological polar surface area (TPSA) is 56.7 Å². The van der Waals surface area contributed by atoms with E-state index >= 15 is 0 Å². The molecular weight excluding hydrogens is 267 g/mol. The third-order valence-corrected chi connectivity index (χ3v) is 3.36. The number of halogens is 2. The Morgan fingerprint density at radius 1 is 1.42 bits per heavy atom. The van der Waals surface area contributed by atoms with Crippen molar-refractivity contribution in [1.29, 1.82) is 0 Å². The van der Waals surface area contributed by atoms with Gasteiger partial charge < -0.3 is 5.73 Å². The van der Waals surface area contributed by atoms with Crippen molar-refractivity contribution < 1.29 is 4.39 Å². The molecular formula is C13H16ClFN4. The molecule has 0 fully saturated rings. The highest BCUT2D eigenvalue weighted by atomic mass is 35.5. The van der Waals surface area contributed by atoms with Crippen LogP contribution in [0.1, 0.15) is 37.7 Å². The quantitative estimate of drug-likeness (QED) is 0.938. The van der Waals surface area contributed by atoms with Crippen LogP contribution >= 0.6 is 11.6 Å². The van der Waals surface area contributed by atoms with Gasteiger partial charge in [0.15, 0.2) is 0 Å². The zero-order valence-electron chi connectivity index (χ0n) is 10.9. The summed E-state index contributed by atoms with van der Waals surface area (Å²) in [6.45, 7) is 3.99. The Labute approximate surface area is 116 Å². The van der Waals surface area contributed by atoms with Crippen LogP contribution in [0.15, 0.2) is 18.2 Å². The first-order valence-corrected chi connectivity index (χ1v) is 6.61. The van der Waals surface area contributed by atoms with E-state index in [4.69, 9.17) is 17.3 Å². The molecule has 1 heterocycles. The van der Waals surface area contributed by atoms with Crippen LogP contribution in [-0.4, -0.2) is 15.0 Å². The van der Waals surface area contributed by atoms with Gasteiger partial charge in [-0.15, -0.1) is 5.10 Å². The first-order valence-electron chi connectivity index (χ1n) is 6.23. The molecule has 0 saturated heterocycles. The maximum atomic E-state index is 13.1. The molecule has 0 aliphatic heterocycles. The summed E-state index contributed by atoms with van der Waals surface area (Å²) in [4.78, 5) is 0. The molecule has 2 aromatic rings. The van der Waals surface area contributed by atoms with E-state index in [1.807, 2.05) is 13.8 Å². The van der Waals surface area contributed by atoms with Gasteiger partial charge in [0.05, 0.1) is 22.4 Å². The monoisotopic (exact) mass is 282 g/mol. The zero-order chi connectivity index (χ0) is 14.0. The first kappa shape index (κ1) is 14.0. The molecule has 102 valence electrons. The van der Waals surface area contributed by atoms with Gasteiger partial charge in [0.1, 0.15) is 11.5 Å². The molecule has 1 unspecified atom stereocenters. The molecule has 1 atom stereocenters. The van der Waals surface area contributed by atoms with E-state index < -0.39 is 0 Å². The van der Waals surface area contributed by atoms with E-state index in [9.17, 15) is 4.39 Å². The number of hydrogen-bond donors (Lipinski definition) is 1. The number of nitrogens with two attached hydrogens (primary N) is 1. The van der Waals surface area contributed by atoms with Gasteiger partial charge >= 0.3 is 0 Å². The van der Waals surface area contributed by atoms with Crippen LogP contribution in [0.25, 0.3) is 5.69 Å². The highest BCUT2D eigenvalue weighted by Crippen LogP contribution is 2.25. The van der Waals surface area contributed by atoms with Gasteiger partial charge in [-0.3, -0.25) is 0 Å². The maximum absolute atomic E-state index is 13.1. The molecule has 0 bridgehead atoms. The van der Waals surface area contributed by atoms with E-state index in [0.29, 0.717) is 10.7 Å². The molecule has 0 saturated carbocycles. The fraction of sp³-hybridized carbons (Fsp3) is 0.385. The summed E-state index contributed by atoms with van der Waals surface area (Å²) in [5.41, 5.74) is 8.30. The standard InChI is InChI=1S/C13H16ClFN4/c1-3-10(16)13-11(4-2)19(18-17-13)12-6-5-8(15)7-9(12)14/h5-7,10H,3-4,16H2,1-2H3. The van der Waals surface area contributed by atoms with Gasteiger partial charge in [-0.25, -0.2) is 9.07 Å². The molecule has 0 aliphatic rings. The molecule has 0 amide bonds. The largest absolute Gasteiger partial charge is 0.323 e. The Bertz CT molecular complexity index is 582. The predicted molar refractivity (Wildman–Crippen MR) is 72.9 cm³/mol. The number of benzene rings is 1. The second-order valence-corrected chi connectivity index (χ2v) is 4.70. The van der Waals surface area contributed by atoms with Crippen molar-refractivity contribution in [3.63, 3.8) is 0 Å². The van der Waals surface area contributed by atoms with Crippen molar-refractivity contribution in [3.8, 4) is 5.69 Å². The first-order chi connectivity index (χ1) is 9.08. The van der Waals surface area contributed by atoms with Crippen molar-refractivity contribution in [2.75, 3.05) is 0 Å². The maximum Gasteiger partial charge on any atom is 0.124 e. The molecule has 2 N–H and O–H groups in total. The molecule has 1 aromatic carbocycles. The van der Waals surface area contributed by atoms with E-state index in [1.165, 1.54) is 12.1 Å². The Morgan fingerprint density at radius 3 is 2.74 bits per heavy atom. The number of aromatic nitrogens is 3. The van der Waals surface area contributed by atoms with Crippen molar-refractivity contribution in [3.05, 3.63) is 40.4 Å². The van der Waals surface area contributed by atoms with Crippen LogP contribution in [-0.2, 0) is 6.42 Å². The zero-order valence-corrected chi connectivity index (χ0v) is 11.7. The summed E-state index contributed by atoms with van der Waals surface area (Å²) in [5.74, 6) is -0.377. The molecule has 6 heteroatoms. The lowest BCUT2D eigenvalue weighted by Crippen LogP contribution is -2.12. The highest BCUT2D eigenvalue weighted by molar-refractivity contribution is 6.32. The Balaban J connectivity index is 2.53. The summed E-state index contributed by atoms with van der Waals surface area (Å²) in [6.07, 6.45) is 1.51. The lowest BCUT2D eigenvalue weighted by molar-refractivity contribution is 0.626. The number of hydrogen-bond acceptors (Lipinski definition) is 3. The minimum absolute atomic E-state index is 0.150. The summed E-state index contributed by atoms with van der Waals surface area (Å²) in [5, 5.41) is 8.53. The SMILES string of the molecule is CCc1c(C(N)CC)nnn1-c1ccc(F)cc1Cl. The molecule has 0 spiro atoms. The third kappa shape index (κ3) is 2.62. The van der Waals surface area contributed by atoms with Crippen LogP contribution in [0.2, 0.25) is 5.02 Å².